The van der Waals surface area contributed by atoms with Gasteiger partial charge < -0.3 is 10.0 Å². The lowest BCUT2D eigenvalue weighted by Gasteiger charge is -2.49. The monoisotopic (exact) mass is 246 g/mol. The van der Waals surface area contributed by atoms with Gasteiger partial charge in [0.05, 0.1) is 19.1 Å². The van der Waals surface area contributed by atoms with Gasteiger partial charge in [-0.15, -0.1) is 0 Å². The highest BCUT2D eigenvalue weighted by Gasteiger charge is 2.60. The van der Waals surface area contributed by atoms with Crippen LogP contribution in [0.3, 0.4) is 0 Å². The van der Waals surface area contributed by atoms with Crippen LogP contribution in [0.1, 0.15) is 12.5 Å². The fourth-order valence-corrected chi connectivity index (χ4v) is 2.75. The van der Waals surface area contributed by atoms with E-state index in [9.17, 15) is 14.7 Å². The van der Waals surface area contributed by atoms with Crippen molar-refractivity contribution < 1.29 is 14.7 Å². The van der Waals surface area contributed by atoms with Crippen molar-refractivity contribution in [3.63, 3.8) is 0 Å². The number of rotatable bonds is 1. The molecule has 5 heteroatoms. The molecule has 2 fully saturated rings. The summed E-state index contributed by atoms with van der Waals surface area (Å²) in [5, 5.41) is 10.6. The van der Waals surface area contributed by atoms with Crippen molar-refractivity contribution in [2.45, 2.75) is 18.6 Å². The Morgan fingerprint density at radius 2 is 2.06 bits per heavy atom. The quantitative estimate of drug-likeness (QED) is 0.786. The Balaban J connectivity index is 1.89. The van der Waals surface area contributed by atoms with Gasteiger partial charge in [-0.25, -0.2) is 4.79 Å². The zero-order valence-electron chi connectivity index (χ0n) is 10.0. The highest BCUT2D eigenvalue weighted by Crippen LogP contribution is 2.42. The Bertz CT molecular complexity index is 516. The summed E-state index contributed by atoms with van der Waals surface area (Å²) in [4.78, 5) is 25.9. The number of amides is 3. The van der Waals surface area contributed by atoms with Crippen molar-refractivity contribution in [2.24, 2.45) is 0 Å². The first kappa shape index (κ1) is 11.2. The summed E-state index contributed by atoms with van der Waals surface area (Å²) in [5.41, 5.74) is -0.231. The van der Waals surface area contributed by atoms with Crippen LogP contribution >= 0.6 is 0 Å². The number of carbonyl (C=O) groups is 2. The Hall–Kier alpha value is -1.88. The average Bonchev–Trinajstić information content (AvgIpc) is 2.63. The topological polar surface area (TPSA) is 60.9 Å². The normalized spacial score (nSPS) is 30.1. The summed E-state index contributed by atoms with van der Waals surface area (Å²) in [6.45, 7) is 1.88. The summed E-state index contributed by atoms with van der Waals surface area (Å²) in [7, 11) is 0. The van der Waals surface area contributed by atoms with Gasteiger partial charge in [-0.2, -0.15) is 0 Å². The second-order valence-electron chi connectivity index (χ2n) is 4.85. The molecule has 0 saturated carbocycles. The highest BCUT2D eigenvalue weighted by molar-refractivity contribution is 5.96. The number of aliphatic hydroxyl groups is 1. The molecule has 2 atom stereocenters. The summed E-state index contributed by atoms with van der Waals surface area (Å²) >= 11 is 0. The van der Waals surface area contributed by atoms with E-state index in [0.29, 0.717) is 0 Å². The van der Waals surface area contributed by atoms with Crippen molar-refractivity contribution in [1.82, 2.24) is 9.80 Å². The van der Waals surface area contributed by atoms with Crippen molar-refractivity contribution in [3.8, 4) is 0 Å². The van der Waals surface area contributed by atoms with E-state index < -0.39 is 5.60 Å². The molecule has 0 radical (unpaired) electrons. The lowest BCUT2D eigenvalue weighted by Crippen LogP contribution is -2.66. The van der Waals surface area contributed by atoms with Crippen LogP contribution in [0.15, 0.2) is 30.3 Å². The third kappa shape index (κ3) is 1.31. The molecule has 0 spiro atoms. The number of urea groups is 1. The molecule has 3 amide bonds. The molecular weight excluding hydrogens is 232 g/mol. The maximum Gasteiger partial charge on any atom is 0.327 e. The van der Waals surface area contributed by atoms with Crippen molar-refractivity contribution >= 4 is 11.9 Å². The Kier molecular flexibility index (Phi) is 2.22. The number of fused-ring (bicyclic) bond motifs is 1. The van der Waals surface area contributed by atoms with Gasteiger partial charge in [-0.05, 0) is 5.56 Å². The third-order valence-electron chi connectivity index (χ3n) is 3.82. The van der Waals surface area contributed by atoms with E-state index in [1.165, 1.54) is 11.8 Å². The van der Waals surface area contributed by atoms with Crippen molar-refractivity contribution in [2.75, 3.05) is 13.1 Å². The third-order valence-corrected chi connectivity index (χ3v) is 3.82. The maximum atomic E-state index is 11.8. The smallest absolute Gasteiger partial charge is 0.327 e. The van der Waals surface area contributed by atoms with E-state index in [1.807, 2.05) is 30.3 Å². The fraction of sp³-hybridized carbons (Fsp3) is 0.385. The first-order valence-electron chi connectivity index (χ1n) is 5.90. The molecular formula is C13H14N2O3. The van der Waals surface area contributed by atoms with Crippen LogP contribution in [0.25, 0.3) is 0 Å². The number of hydrogen-bond acceptors (Lipinski definition) is 3. The molecule has 94 valence electrons. The Morgan fingerprint density at radius 1 is 1.39 bits per heavy atom. The largest absolute Gasteiger partial charge is 0.381 e. The minimum atomic E-state index is -1.03. The maximum absolute atomic E-state index is 11.8. The molecule has 0 bridgehead atoms. The summed E-state index contributed by atoms with van der Waals surface area (Å²) < 4.78 is 0. The van der Waals surface area contributed by atoms with E-state index >= 15 is 0 Å². The molecule has 1 aromatic carbocycles. The lowest BCUT2D eigenvalue weighted by atomic mass is 9.79. The number of nitrogens with zero attached hydrogens (tertiary/aromatic N) is 2. The fourth-order valence-electron chi connectivity index (χ4n) is 2.75. The molecule has 0 aromatic heterocycles. The molecule has 1 aromatic rings. The molecule has 3 rings (SSSR count). The van der Waals surface area contributed by atoms with Crippen LogP contribution < -0.4 is 0 Å². The molecule has 2 heterocycles. The molecule has 0 unspecified atom stereocenters. The Labute approximate surface area is 105 Å². The second-order valence-corrected chi connectivity index (χ2v) is 4.85. The van der Waals surface area contributed by atoms with Crippen LogP contribution in [0.2, 0.25) is 0 Å². The van der Waals surface area contributed by atoms with Crippen LogP contribution in [-0.4, -0.2) is 46.0 Å². The molecule has 2 aliphatic heterocycles. The van der Waals surface area contributed by atoms with Gasteiger partial charge in [-0.3, -0.25) is 9.69 Å². The zero-order valence-corrected chi connectivity index (χ0v) is 10.0. The van der Waals surface area contributed by atoms with Gasteiger partial charge in [0.25, 0.3) is 0 Å². The van der Waals surface area contributed by atoms with E-state index in [0.717, 1.165) is 5.56 Å². The minimum absolute atomic E-state index is 0.254. The molecule has 2 saturated heterocycles. The number of hydrogen-bond donors (Lipinski definition) is 1. The van der Waals surface area contributed by atoms with Crippen molar-refractivity contribution in [3.05, 3.63) is 35.9 Å². The number of benzene rings is 1. The molecule has 1 N–H and O–H groups in total. The minimum Gasteiger partial charge on any atom is -0.381 e. The van der Waals surface area contributed by atoms with Crippen LogP contribution in [-0.2, 0) is 10.4 Å². The summed E-state index contributed by atoms with van der Waals surface area (Å²) in [5.74, 6) is -0.273. The molecule has 2 aliphatic rings. The van der Waals surface area contributed by atoms with Crippen molar-refractivity contribution in [1.29, 1.82) is 0 Å². The van der Waals surface area contributed by atoms with Gasteiger partial charge in [0.15, 0.2) is 0 Å². The first-order valence-corrected chi connectivity index (χ1v) is 5.90. The van der Waals surface area contributed by atoms with E-state index in [2.05, 4.69) is 0 Å². The molecule has 0 aliphatic carbocycles. The highest BCUT2D eigenvalue weighted by atomic mass is 16.3. The van der Waals surface area contributed by atoms with Gasteiger partial charge in [-0.1, -0.05) is 30.3 Å². The summed E-state index contributed by atoms with van der Waals surface area (Å²) in [6, 6.07) is 8.66. The lowest BCUT2D eigenvalue weighted by molar-refractivity contribution is -0.127. The zero-order chi connectivity index (χ0) is 12.9. The Morgan fingerprint density at radius 3 is 2.67 bits per heavy atom. The molecule has 18 heavy (non-hydrogen) atoms. The van der Waals surface area contributed by atoms with Crippen LogP contribution in [0.4, 0.5) is 4.79 Å². The summed E-state index contributed by atoms with van der Waals surface area (Å²) in [6.07, 6.45) is 0. The first-order chi connectivity index (χ1) is 8.54. The van der Waals surface area contributed by atoms with Crippen LogP contribution in [0.5, 0.6) is 0 Å². The molecule has 5 nitrogen and oxygen atoms in total. The number of imide groups is 1. The number of carbonyl (C=O) groups excluding carboxylic acids is 2. The van der Waals surface area contributed by atoms with Gasteiger partial charge in [0.1, 0.15) is 5.60 Å². The average molecular weight is 246 g/mol. The van der Waals surface area contributed by atoms with Crippen LogP contribution in [0, 0.1) is 0 Å². The van der Waals surface area contributed by atoms with E-state index in [-0.39, 0.29) is 31.1 Å². The second kappa shape index (κ2) is 3.55. The predicted octanol–water partition coefficient (Wildman–Crippen LogP) is 0.540. The van der Waals surface area contributed by atoms with Gasteiger partial charge in [0.2, 0.25) is 5.91 Å². The standard InChI is InChI=1S/C13H14N2O3/c1-9(16)14-7-11-13(18,8-15(11)12(14)17)10-5-3-2-4-6-10/h2-6,11,18H,7-8H2,1H3/t11-,13+/m1/s1. The van der Waals surface area contributed by atoms with E-state index in [4.69, 9.17) is 0 Å². The van der Waals surface area contributed by atoms with E-state index in [1.54, 1.807) is 4.90 Å². The predicted molar refractivity (Wildman–Crippen MR) is 63.6 cm³/mol. The van der Waals surface area contributed by atoms with Gasteiger partial charge in [0, 0.05) is 6.92 Å². The van der Waals surface area contributed by atoms with Gasteiger partial charge >= 0.3 is 6.03 Å². The SMILES string of the molecule is CC(=O)N1C[C@H]2N(C[C@]2(O)c2ccccc2)C1=O.